The molecule has 2 aliphatic carbocycles. The summed E-state index contributed by atoms with van der Waals surface area (Å²) in [6.07, 6.45) is 5.96. The van der Waals surface area contributed by atoms with Crippen LogP contribution in [0.15, 0.2) is 6.33 Å². The number of hydrogen-bond donors (Lipinski definition) is 1. The lowest BCUT2D eigenvalue weighted by atomic mass is 9.94. The van der Waals surface area contributed by atoms with Crippen LogP contribution in [0.4, 0.5) is 0 Å². The second-order valence-corrected chi connectivity index (χ2v) is 5.70. The van der Waals surface area contributed by atoms with E-state index in [0.29, 0.717) is 0 Å². The van der Waals surface area contributed by atoms with Gasteiger partial charge in [0.1, 0.15) is 23.8 Å². The van der Waals surface area contributed by atoms with Crippen molar-refractivity contribution < 1.29 is 0 Å². The first-order valence-electron chi connectivity index (χ1n) is 7.63. The zero-order chi connectivity index (χ0) is 14.2. The molecule has 0 aromatic rings. The quantitative estimate of drug-likeness (QED) is 0.832. The fourth-order valence-electron chi connectivity index (χ4n) is 3.56. The Kier molecular flexibility index (Phi) is 3.00. The molecule has 2 heterocycles. The molecule has 0 aromatic heterocycles. The van der Waals surface area contributed by atoms with E-state index in [4.69, 9.17) is 0 Å². The Morgan fingerprint density at radius 1 is 1.14 bits per heavy atom. The van der Waals surface area contributed by atoms with Gasteiger partial charge in [0.15, 0.2) is 0 Å². The van der Waals surface area contributed by atoms with Gasteiger partial charge in [-0.15, -0.1) is 5.10 Å². The minimum atomic E-state index is 0.769. The zero-order valence-electron chi connectivity index (χ0n) is 12.0. The smallest absolute Gasteiger partial charge is 0.138 e. The van der Waals surface area contributed by atoms with E-state index in [9.17, 15) is 5.26 Å². The van der Waals surface area contributed by atoms with Gasteiger partial charge in [0.2, 0.25) is 0 Å². The topological polar surface area (TPSA) is 69.8 Å². The molecule has 4 rings (SSSR count). The number of nitrogens with zero attached hydrogens (tertiary/aromatic N) is 5. The largest absolute Gasteiger partial charge is 0.313 e. The first-order valence-corrected chi connectivity index (χ1v) is 7.63. The van der Waals surface area contributed by atoms with Gasteiger partial charge in [0.25, 0.3) is 0 Å². The standard InChI is InChI=1S/C15H18N6/c16-9-13-11-3-1-2-4-12(11)15-14(13)18-10-19-21(15)20-7-5-17-6-8-20/h10,17H,1-8H2. The summed E-state index contributed by atoms with van der Waals surface area (Å²) in [5.74, 6) is 0. The normalized spacial score (nSPS) is 18.5. The lowest BCUT2D eigenvalue weighted by molar-refractivity contribution is 0.454. The van der Waals surface area contributed by atoms with Crippen LogP contribution in [-0.4, -0.2) is 41.1 Å². The molecule has 0 radical (unpaired) electrons. The molecule has 6 heteroatoms. The van der Waals surface area contributed by atoms with Crippen molar-refractivity contribution in [2.45, 2.75) is 25.7 Å². The number of rotatable bonds is 1. The van der Waals surface area contributed by atoms with Crippen molar-refractivity contribution in [3.05, 3.63) is 23.0 Å². The SMILES string of the molecule is N#Cc1c2ncnn(N3CCNCC3)c-2c2c1CCCC2. The van der Waals surface area contributed by atoms with E-state index < -0.39 is 0 Å². The van der Waals surface area contributed by atoms with Crippen LogP contribution in [0.2, 0.25) is 0 Å². The van der Waals surface area contributed by atoms with Gasteiger partial charge in [-0.25, -0.2) is 4.98 Å². The molecule has 4 aliphatic rings. The van der Waals surface area contributed by atoms with Gasteiger partial charge in [-0.1, -0.05) is 0 Å². The molecule has 21 heavy (non-hydrogen) atoms. The van der Waals surface area contributed by atoms with Crippen LogP contribution < -0.4 is 10.3 Å². The summed E-state index contributed by atoms with van der Waals surface area (Å²) in [5, 5.41) is 19.6. The molecule has 0 bridgehead atoms. The highest BCUT2D eigenvalue weighted by Gasteiger charge is 2.30. The summed E-state index contributed by atoms with van der Waals surface area (Å²) < 4.78 is 0. The van der Waals surface area contributed by atoms with E-state index in [0.717, 1.165) is 56.0 Å². The molecule has 1 fully saturated rings. The van der Waals surface area contributed by atoms with Gasteiger partial charge in [-0.3, -0.25) is 5.01 Å². The van der Waals surface area contributed by atoms with E-state index >= 15 is 0 Å². The van der Waals surface area contributed by atoms with E-state index in [-0.39, 0.29) is 0 Å². The maximum absolute atomic E-state index is 9.54. The van der Waals surface area contributed by atoms with E-state index in [1.54, 1.807) is 6.33 Å². The van der Waals surface area contributed by atoms with E-state index in [2.05, 4.69) is 26.5 Å². The van der Waals surface area contributed by atoms with Gasteiger partial charge >= 0.3 is 0 Å². The second-order valence-electron chi connectivity index (χ2n) is 5.70. The monoisotopic (exact) mass is 282 g/mol. The molecule has 0 atom stereocenters. The van der Waals surface area contributed by atoms with Crippen LogP contribution >= 0.6 is 0 Å². The van der Waals surface area contributed by atoms with Crippen LogP contribution in [0.25, 0.3) is 11.4 Å². The highest BCUT2D eigenvalue weighted by atomic mass is 15.7. The summed E-state index contributed by atoms with van der Waals surface area (Å²) in [5.41, 5.74) is 5.17. The lowest BCUT2D eigenvalue weighted by Crippen LogP contribution is -2.50. The van der Waals surface area contributed by atoms with Crippen LogP contribution in [0, 0.1) is 11.3 Å². The van der Waals surface area contributed by atoms with Gasteiger partial charge in [-0.05, 0) is 36.8 Å². The minimum absolute atomic E-state index is 0.769. The Morgan fingerprint density at radius 3 is 2.67 bits per heavy atom. The number of fused-ring (bicyclic) bond motifs is 3. The molecule has 1 N–H and O–H groups in total. The van der Waals surface area contributed by atoms with Crippen molar-refractivity contribution in [3.8, 4) is 17.5 Å². The Balaban J connectivity index is 1.91. The third-order valence-corrected chi connectivity index (χ3v) is 4.54. The average Bonchev–Trinajstić information content (AvgIpc) is 2.89. The Labute approximate surface area is 123 Å². The van der Waals surface area contributed by atoms with Crippen molar-refractivity contribution in [2.24, 2.45) is 0 Å². The van der Waals surface area contributed by atoms with Crippen LogP contribution in [0.5, 0.6) is 0 Å². The van der Waals surface area contributed by atoms with Crippen molar-refractivity contribution in [1.82, 2.24) is 20.2 Å². The number of nitriles is 1. The highest BCUT2D eigenvalue weighted by Crippen LogP contribution is 2.38. The Hall–Kier alpha value is -2.13. The third-order valence-electron chi connectivity index (χ3n) is 4.54. The van der Waals surface area contributed by atoms with Crippen molar-refractivity contribution >= 4 is 0 Å². The predicted octanol–water partition coefficient (Wildman–Crippen LogP) is 0.675. The van der Waals surface area contributed by atoms with Gasteiger partial charge < -0.3 is 5.32 Å². The summed E-state index contributed by atoms with van der Waals surface area (Å²) in [6, 6.07) is 2.37. The van der Waals surface area contributed by atoms with Crippen molar-refractivity contribution in [3.63, 3.8) is 0 Å². The molecule has 0 spiro atoms. The summed E-state index contributed by atoms with van der Waals surface area (Å²) >= 11 is 0. The van der Waals surface area contributed by atoms with E-state index in [1.165, 1.54) is 24.0 Å². The third kappa shape index (κ3) is 1.88. The number of hydrogen-bond acceptors (Lipinski definition) is 5. The molecule has 0 aromatic carbocycles. The van der Waals surface area contributed by atoms with Gasteiger partial charge in [0.05, 0.1) is 5.56 Å². The molecule has 108 valence electrons. The first kappa shape index (κ1) is 12.6. The Morgan fingerprint density at radius 2 is 1.90 bits per heavy atom. The fraction of sp³-hybridized carbons (Fsp3) is 0.533. The van der Waals surface area contributed by atoms with E-state index in [1.807, 2.05) is 4.79 Å². The first-order chi connectivity index (χ1) is 10.4. The number of aromatic nitrogens is 3. The van der Waals surface area contributed by atoms with Crippen LogP contribution in [0.1, 0.15) is 29.5 Å². The van der Waals surface area contributed by atoms with Crippen LogP contribution in [0.3, 0.4) is 0 Å². The molecule has 0 amide bonds. The maximum atomic E-state index is 9.54. The number of nitrogens with one attached hydrogen (secondary N) is 1. The lowest BCUT2D eigenvalue weighted by Gasteiger charge is -2.32. The predicted molar refractivity (Wildman–Crippen MR) is 78.8 cm³/mol. The van der Waals surface area contributed by atoms with Gasteiger partial charge in [0, 0.05) is 26.2 Å². The molecular formula is C15H18N6. The Bertz CT molecular complexity index is 676. The van der Waals surface area contributed by atoms with Crippen LogP contribution in [-0.2, 0) is 12.8 Å². The van der Waals surface area contributed by atoms with Crippen molar-refractivity contribution in [1.29, 1.82) is 5.26 Å². The van der Waals surface area contributed by atoms with Crippen molar-refractivity contribution in [2.75, 3.05) is 31.2 Å². The molecular weight excluding hydrogens is 264 g/mol. The average molecular weight is 282 g/mol. The zero-order valence-corrected chi connectivity index (χ0v) is 12.0. The second kappa shape index (κ2) is 5.01. The highest BCUT2D eigenvalue weighted by molar-refractivity contribution is 5.76. The molecule has 0 unspecified atom stereocenters. The molecule has 0 saturated carbocycles. The molecule has 2 aliphatic heterocycles. The summed E-state index contributed by atoms with van der Waals surface area (Å²) in [4.78, 5) is 6.41. The minimum Gasteiger partial charge on any atom is -0.313 e. The maximum Gasteiger partial charge on any atom is 0.138 e. The summed E-state index contributed by atoms with van der Waals surface area (Å²) in [7, 11) is 0. The molecule has 6 nitrogen and oxygen atoms in total. The number of piperazine rings is 1. The molecule has 1 saturated heterocycles. The van der Waals surface area contributed by atoms with Gasteiger partial charge in [-0.2, -0.15) is 10.1 Å². The fourth-order valence-corrected chi connectivity index (χ4v) is 3.56. The summed E-state index contributed by atoms with van der Waals surface area (Å²) in [6.45, 7) is 3.79.